The standard InChI is InChI=1S/C47H61N9O11/c1-23-38(24(2)52-41(51-23)27-9-11-29(12-10-27)47(4,5)6)43(61)55-35(20-50)45(63)56(7)39-28-16-33(40(59)37(17-28)67-22-31(58)19-49)32-14-26(8-13-36(32)66-21-30(57)18-48)15-34(46(64)65)54-42(60)25(3)53-44(39)62/h8-14,16-17,25,30-31,34-35,39,57-59H,15,18-22,48-50H2,1-7H3,(H,53,62)(H,54,60)(H,55,61)(H,64,65)/t25-,30+,31+,34-,35-,39-/m0/s1. The number of carboxylic acids is 1. The number of nitrogens with zero attached hydrogens (tertiary/aromatic N) is 3. The van der Waals surface area contributed by atoms with Gasteiger partial charge >= 0.3 is 5.97 Å². The highest BCUT2D eigenvalue weighted by molar-refractivity contribution is 6.00. The minimum Gasteiger partial charge on any atom is -0.504 e. The number of aliphatic hydroxyl groups excluding tert-OH is 2. The van der Waals surface area contributed by atoms with E-state index in [1.807, 2.05) is 24.3 Å². The third-order valence-electron chi connectivity index (χ3n) is 11.3. The highest BCUT2D eigenvalue weighted by Crippen LogP contribution is 2.45. The number of hydrogen-bond donors (Lipinski definition) is 10. The van der Waals surface area contributed by atoms with Crippen LogP contribution in [0.15, 0.2) is 54.6 Å². The Balaban J connectivity index is 1.61. The van der Waals surface area contributed by atoms with Crippen LogP contribution in [0.2, 0.25) is 0 Å². The van der Waals surface area contributed by atoms with Crippen LogP contribution >= 0.6 is 0 Å². The molecule has 0 unspecified atom stereocenters. The predicted molar refractivity (Wildman–Crippen MR) is 247 cm³/mol. The molecular formula is C47H61N9O11. The fraction of sp³-hybridized carbons (Fsp3) is 0.426. The molecule has 1 aliphatic rings. The molecule has 2 heterocycles. The summed E-state index contributed by atoms with van der Waals surface area (Å²) in [7, 11) is 1.27. The zero-order valence-electron chi connectivity index (χ0n) is 38.6. The van der Waals surface area contributed by atoms with Crippen molar-refractivity contribution in [3.63, 3.8) is 0 Å². The summed E-state index contributed by atoms with van der Waals surface area (Å²) in [5.41, 5.74) is 20.4. The minimum atomic E-state index is -1.67. The number of amides is 4. The molecule has 0 saturated carbocycles. The highest BCUT2D eigenvalue weighted by atomic mass is 16.5. The molecule has 0 aliphatic carbocycles. The first-order chi connectivity index (χ1) is 31.6. The van der Waals surface area contributed by atoms with Gasteiger partial charge < -0.3 is 68.0 Å². The number of phenols is 1. The average molecular weight is 928 g/mol. The minimum absolute atomic E-state index is 0.00174. The van der Waals surface area contributed by atoms with E-state index in [0.29, 0.717) is 22.8 Å². The molecule has 360 valence electrons. The van der Waals surface area contributed by atoms with E-state index in [1.165, 1.54) is 44.3 Å². The monoisotopic (exact) mass is 927 g/mol. The van der Waals surface area contributed by atoms with E-state index < -0.39 is 84.9 Å². The molecule has 20 heteroatoms. The van der Waals surface area contributed by atoms with E-state index in [4.69, 9.17) is 26.7 Å². The number of phenolic OH excluding ortho intramolecular Hbond substituents is 1. The lowest BCUT2D eigenvalue weighted by molar-refractivity contribution is -0.143. The number of nitrogens with two attached hydrogens (primary N) is 3. The number of carbonyl (C=O) groups excluding carboxylic acids is 4. The number of aliphatic hydroxyl groups is 2. The molecule has 4 aromatic rings. The summed E-state index contributed by atoms with van der Waals surface area (Å²) in [5, 5.41) is 50.3. The SMILES string of the molecule is Cc1nc(-c2ccc(C(C)(C)C)cc2)nc(C)c1C(=O)N[C@@H](CN)C(=O)N(C)[C@@H]1C(=O)N[C@@H](C)C(=O)N[C@H](C(=O)O)Cc2ccc(OC[C@H](O)CN)c(c2)-c2cc1cc(OC[C@H](O)CN)c2O. The summed E-state index contributed by atoms with van der Waals surface area (Å²) in [5.74, 6) is -5.09. The second-order valence-corrected chi connectivity index (χ2v) is 17.5. The molecule has 1 aromatic heterocycles. The molecule has 4 amide bonds. The molecule has 13 N–H and O–H groups in total. The first-order valence-corrected chi connectivity index (χ1v) is 21.7. The number of aromatic nitrogens is 2. The van der Waals surface area contributed by atoms with Crippen molar-refractivity contribution in [1.82, 2.24) is 30.8 Å². The van der Waals surface area contributed by atoms with E-state index in [9.17, 15) is 44.4 Å². The van der Waals surface area contributed by atoms with E-state index in [1.54, 1.807) is 13.8 Å². The molecule has 1 aliphatic heterocycles. The van der Waals surface area contributed by atoms with Crippen molar-refractivity contribution in [2.24, 2.45) is 17.2 Å². The molecule has 67 heavy (non-hydrogen) atoms. The van der Waals surface area contributed by atoms with Crippen molar-refractivity contribution >= 4 is 29.6 Å². The molecule has 3 aromatic carbocycles. The van der Waals surface area contributed by atoms with E-state index in [0.717, 1.165) is 16.0 Å². The first kappa shape index (κ1) is 51.3. The molecular weight excluding hydrogens is 867 g/mol. The van der Waals surface area contributed by atoms with Crippen LogP contribution in [0.4, 0.5) is 0 Å². The van der Waals surface area contributed by atoms with Crippen molar-refractivity contribution < 1.29 is 53.9 Å². The second kappa shape index (κ2) is 21.7. The average Bonchev–Trinajstić information content (AvgIpc) is 3.28. The third kappa shape index (κ3) is 12.2. The number of aliphatic carboxylic acids is 1. The number of aryl methyl sites for hydroxylation is 2. The maximum Gasteiger partial charge on any atom is 0.326 e. The van der Waals surface area contributed by atoms with Crippen LogP contribution in [0, 0.1) is 13.8 Å². The Hall–Kier alpha value is -6.71. The number of nitrogens with one attached hydrogen (secondary N) is 3. The number of aromatic hydroxyl groups is 1. The van der Waals surface area contributed by atoms with Gasteiger partial charge in [0.2, 0.25) is 17.7 Å². The summed E-state index contributed by atoms with van der Waals surface area (Å²) in [4.78, 5) is 79.3. The van der Waals surface area contributed by atoms with Crippen LogP contribution in [0.1, 0.15) is 72.2 Å². The van der Waals surface area contributed by atoms with Gasteiger partial charge in [0.15, 0.2) is 17.3 Å². The number of likely N-dealkylation sites (N-methyl/N-ethyl adjacent to an activating group) is 1. The predicted octanol–water partition coefficient (Wildman–Crippen LogP) is 0.714. The Morgan fingerprint density at radius 1 is 0.851 bits per heavy atom. The fourth-order valence-electron chi connectivity index (χ4n) is 7.41. The molecule has 20 nitrogen and oxygen atoms in total. The number of benzene rings is 3. The van der Waals surface area contributed by atoms with E-state index in [-0.39, 0.29) is 65.3 Å². The van der Waals surface area contributed by atoms with Gasteiger partial charge in [-0.05, 0) is 67.1 Å². The number of carboxylic acid groups (broad SMARTS) is 1. The van der Waals surface area contributed by atoms with Crippen LogP contribution in [0.5, 0.6) is 17.2 Å². The first-order valence-electron chi connectivity index (χ1n) is 21.7. The van der Waals surface area contributed by atoms with Gasteiger partial charge in [0.25, 0.3) is 5.91 Å². The fourth-order valence-corrected chi connectivity index (χ4v) is 7.41. The van der Waals surface area contributed by atoms with Crippen molar-refractivity contribution in [2.45, 2.75) is 89.8 Å². The lowest BCUT2D eigenvalue weighted by Gasteiger charge is -2.32. The topological polar surface area (TPSA) is 328 Å². The summed E-state index contributed by atoms with van der Waals surface area (Å²) in [6.07, 6.45) is -2.54. The van der Waals surface area contributed by atoms with Gasteiger partial charge in [0, 0.05) is 49.8 Å². The maximum atomic E-state index is 14.6. The number of fused-ring (bicyclic) bond motifs is 5. The van der Waals surface area contributed by atoms with E-state index in [2.05, 4.69) is 46.7 Å². The van der Waals surface area contributed by atoms with Crippen LogP contribution < -0.4 is 42.6 Å². The number of rotatable bonds is 15. The molecule has 0 spiro atoms. The zero-order valence-corrected chi connectivity index (χ0v) is 38.6. The normalized spacial score (nSPS) is 17.8. The van der Waals surface area contributed by atoms with E-state index >= 15 is 0 Å². The molecule has 0 fully saturated rings. The Morgan fingerprint density at radius 3 is 2.00 bits per heavy atom. The van der Waals surface area contributed by atoms with Crippen molar-refractivity contribution in [2.75, 3.05) is 39.9 Å². The van der Waals surface area contributed by atoms with Crippen LogP contribution in [-0.2, 0) is 31.0 Å². The Bertz CT molecular complexity index is 2450. The van der Waals surface area contributed by atoms with Crippen LogP contribution in [-0.4, -0.2) is 135 Å². The van der Waals surface area contributed by atoms with Gasteiger partial charge in [-0.15, -0.1) is 0 Å². The number of hydrogen-bond acceptors (Lipinski definition) is 15. The largest absolute Gasteiger partial charge is 0.504 e. The Labute approximate surface area is 388 Å². The Kier molecular flexibility index (Phi) is 16.6. The van der Waals surface area contributed by atoms with Crippen LogP contribution in [0.25, 0.3) is 22.5 Å². The maximum absolute atomic E-state index is 14.6. The van der Waals surface area contributed by atoms with Gasteiger partial charge in [0.05, 0.1) is 17.0 Å². The summed E-state index contributed by atoms with van der Waals surface area (Å²) < 4.78 is 11.8. The van der Waals surface area contributed by atoms with Crippen LogP contribution in [0.3, 0.4) is 0 Å². The molecule has 4 bridgehead atoms. The van der Waals surface area contributed by atoms with Crippen molar-refractivity contribution in [1.29, 1.82) is 0 Å². The smallest absolute Gasteiger partial charge is 0.326 e. The van der Waals surface area contributed by atoms with Gasteiger partial charge in [0.1, 0.15) is 55.3 Å². The van der Waals surface area contributed by atoms with Gasteiger partial charge in [-0.25, -0.2) is 14.8 Å². The van der Waals surface area contributed by atoms with Gasteiger partial charge in [-0.2, -0.15) is 0 Å². The Morgan fingerprint density at radius 2 is 1.45 bits per heavy atom. The molecule has 0 saturated heterocycles. The molecule has 6 atom stereocenters. The number of ether oxygens (including phenoxy) is 2. The quantitative estimate of drug-likeness (QED) is 0.0785. The lowest BCUT2D eigenvalue weighted by atomic mass is 9.86. The summed E-state index contributed by atoms with van der Waals surface area (Å²) in [6, 6.07) is 8.95. The molecule has 0 radical (unpaired) electrons. The second-order valence-electron chi connectivity index (χ2n) is 17.5. The lowest BCUT2D eigenvalue weighted by Crippen LogP contribution is -2.56. The van der Waals surface area contributed by atoms with Crippen molar-refractivity contribution in [3.05, 3.63) is 88.2 Å². The van der Waals surface area contributed by atoms with Crippen molar-refractivity contribution in [3.8, 4) is 39.8 Å². The third-order valence-corrected chi connectivity index (χ3v) is 11.3. The van der Waals surface area contributed by atoms with Gasteiger partial charge in [-0.1, -0.05) is 51.1 Å². The summed E-state index contributed by atoms with van der Waals surface area (Å²) in [6.45, 7) is 9.39. The van der Waals surface area contributed by atoms with Gasteiger partial charge in [-0.3, -0.25) is 19.2 Å². The number of carbonyl (C=O) groups is 5. The highest BCUT2D eigenvalue weighted by Gasteiger charge is 2.37. The zero-order chi connectivity index (χ0) is 49.5. The summed E-state index contributed by atoms with van der Waals surface area (Å²) >= 11 is 0. The molecule has 5 rings (SSSR count).